The molecule has 0 aromatic heterocycles. The van der Waals surface area contributed by atoms with Gasteiger partial charge >= 0.3 is 6.03 Å². The van der Waals surface area contributed by atoms with E-state index in [2.05, 4.69) is 10.6 Å². The number of amides is 3. The number of hydrogen-bond acceptors (Lipinski definition) is 4. The number of halogens is 3. The molecule has 6 nitrogen and oxygen atoms in total. The number of urea groups is 1. The predicted octanol–water partition coefficient (Wildman–Crippen LogP) is 4.13. The maximum absolute atomic E-state index is 14.0. The third-order valence-corrected chi connectivity index (χ3v) is 7.17. The van der Waals surface area contributed by atoms with E-state index in [9.17, 15) is 19.1 Å². The molecule has 2 aromatic carbocycles. The number of nitrogens with two attached hydrogens (primary N) is 1. The average molecular weight is 572 g/mol. The highest BCUT2D eigenvalue weighted by molar-refractivity contribution is 14.1. The molecular formula is C21H16ClFIN3O3S. The average Bonchev–Trinajstić information content (AvgIpc) is 2.70. The summed E-state index contributed by atoms with van der Waals surface area (Å²) in [7, 11) is 0. The van der Waals surface area contributed by atoms with Gasteiger partial charge in [0, 0.05) is 11.3 Å². The van der Waals surface area contributed by atoms with E-state index in [0.29, 0.717) is 16.8 Å². The molecule has 2 unspecified atom stereocenters. The smallest absolute Gasteiger partial charge is 0.317 e. The van der Waals surface area contributed by atoms with Crippen LogP contribution in [-0.4, -0.2) is 30.5 Å². The molecule has 1 aliphatic rings. The highest BCUT2D eigenvalue weighted by Gasteiger charge is 2.50. The van der Waals surface area contributed by atoms with E-state index in [-0.39, 0.29) is 10.6 Å². The van der Waals surface area contributed by atoms with E-state index in [1.807, 2.05) is 0 Å². The van der Waals surface area contributed by atoms with Gasteiger partial charge in [-0.05, 0) is 58.5 Å². The van der Waals surface area contributed by atoms with Gasteiger partial charge in [-0.15, -0.1) is 11.6 Å². The maximum atomic E-state index is 14.0. The Hall–Kier alpha value is -2.34. The number of nitrogens with one attached hydrogen (secondary N) is 2. The van der Waals surface area contributed by atoms with Crippen LogP contribution < -0.4 is 16.4 Å². The predicted molar refractivity (Wildman–Crippen MR) is 131 cm³/mol. The number of aliphatic hydroxyl groups is 1. The Morgan fingerprint density at radius 3 is 2.48 bits per heavy atom. The normalized spacial score (nSPS) is 22.4. The number of allylic oxidation sites excluding steroid dienone is 2. The molecule has 0 saturated heterocycles. The number of rotatable bonds is 4. The van der Waals surface area contributed by atoms with E-state index in [1.54, 1.807) is 59.0 Å². The maximum Gasteiger partial charge on any atom is 0.317 e. The molecule has 0 radical (unpaired) electrons. The number of alkyl halides is 2. The van der Waals surface area contributed by atoms with E-state index in [0.717, 1.165) is 0 Å². The lowest BCUT2D eigenvalue weighted by Gasteiger charge is -2.38. The van der Waals surface area contributed by atoms with Crippen LogP contribution in [0.4, 0.5) is 14.9 Å². The van der Waals surface area contributed by atoms with E-state index in [1.165, 1.54) is 30.4 Å². The van der Waals surface area contributed by atoms with Gasteiger partial charge < -0.3 is 21.5 Å². The van der Waals surface area contributed by atoms with Crippen molar-refractivity contribution in [2.45, 2.75) is 8.48 Å². The zero-order valence-corrected chi connectivity index (χ0v) is 19.5. The summed E-state index contributed by atoms with van der Waals surface area (Å²) < 4.78 is 12.3. The Balaban J connectivity index is 2.01. The first kappa shape index (κ1) is 23.3. The number of hydrogen-bond donors (Lipinski definition) is 4. The van der Waals surface area contributed by atoms with Crippen LogP contribution in [0.25, 0.3) is 5.57 Å². The first-order valence-corrected chi connectivity index (χ1v) is 10.7. The van der Waals surface area contributed by atoms with Crippen molar-refractivity contribution < 1.29 is 19.1 Å². The SMILES string of the molecule is NC(=O)NC(=S)C1(Cl)C=C(c2ccccc2NC(=O)c2ccccc2F)C=CC1(O)I. The third-order valence-electron chi connectivity index (χ3n) is 4.52. The highest BCUT2D eigenvalue weighted by Crippen LogP contribution is 2.45. The molecule has 2 aromatic rings. The van der Waals surface area contributed by atoms with Gasteiger partial charge in [-0.3, -0.25) is 4.79 Å². The molecule has 0 bridgehead atoms. The third kappa shape index (κ3) is 4.79. The van der Waals surface area contributed by atoms with E-state index < -0.39 is 26.2 Å². The summed E-state index contributed by atoms with van der Waals surface area (Å²) in [6, 6.07) is 11.5. The molecule has 0 fully saturated rings. The Morgan fingerprint density at radius 1 is 1.16 bits per heavy atom. The Morgan fingerprint density at radius 2 is 1.81 bits per heavy atom. The fourth-order valence-electron chi connectivity index (χ4n) is 2.96. The standard InChI is InChI=1S/C21H16ClFIN3O3S/c22-20(18(31)27-19(25)29)11-12(9-10-21(20,24)30)13-5-2-4-8-16(13)26-17(28)14-6-1-3-7-15(14)23/h1-11,30H,(H,26,28)(H3,25,27,29,31). The van der Waals surface area contributed by atoms with Crippen LogP contribution in [0.1, 0.15) is 15.9 Å². The summed E-state index contributed by atoms with van der Waals surface area (Å²) in [5.74, 6) is -1.27. The second-order valence-corrected chi connectivity index (χ2v) is 9.27. The largest absolute Gasteiger partial charge is 0.373 e. The van der Waals surface area contributed by atoms with Crippen molar-refractivity contribution in [2.75, 3.05) is 5.32 Å². The van der Waals surface area contributed by atoms with Gasteiger partial charge in [-0.2, -0.15) is 0 Å². The number of carbonyl (C=O) groups is 2. The van der Waals surface area contributed by atoms with Crippen molar-refractivity contribution in [3.63, 3.8) is 0 Å². The molecule has 5 N–H and O–H groups in total. The number of para-hydroxylation sites is 1. The molecule has 0 saturated carbocycles. The van der Waals surface area contributed by atoms with Crippen molar-refractivity contribution in [1.29, 1.82) is 0 Å². The van der Waals surface area contributed by atoms with Gasteiger partial charge in [0.05, 0.1) is 5.56 Å². The molecule has 0 aliphatic heterocycles. The van der Waals surface area contributed by atoms with Gasteiger partial charge in [-0.1, -0.05) is 48.6 Å². The minimum atomic E-state index is -1.70. The quantitative estimate of drug-likeness (QED) is 0.252. The fraction of sp³-hybridized carbons (Fsp3) is 0.0952. The minimum absolute atomic E-state index is 0.106. The summed E-state index contributed by atoms with van der Waals surface area (Å²) in [5, 5.41) is 15.7. The topological polar surface area (TPSA) is 104 Å². The lowest BCUT2D eigenvalue weighted by molar-refractivity contribution is 0.102. The molecule has 2 atom stereocenters. The van der Waals surface area contributed by atoms with Crippen LogP contribution in [0.2, 0.25) is 0 Å². The second-order valence-electron chi connectivity index (χ2n) is 6.62. The van der Waals surface area contributed by atoms with Crippen LogP contribution in [0.15, 0.2) is 66.8 Å². The van der Waals surface area contributed by atoms with Crippen LogP contribution in [0.5, 0.6) is 0 Å². The highest BCUT2D eigenvalue weighted by atomic mass is 127. The summed E-state index contributed by atoms with van der Waals surface area (Å²) >= 11 is 13.5. The first-order chi connectivity index (χ1) is 14.5. The molecule has 160 valence electrons. The van der Waals surface area contributed by atoms with Crippen molar-refractivity contribution in [2.24, 2.45) is 5.73 Å². The van der Waals surface area contributed by atoms with Crippen molar-refractivity contribution >= 4 is 74.6 Å². The number of thiocarbonyl (C=S) groups is 1. The molecule has 0 heterocycles. The van der Waals surface area contributed by atoms with Crippen molar-refractivity contribution in [3.05, 3.63) is 83.7 Å². The molecule has 31 heavy (non-hydrogen) atoms. The summed E-state index contributed by atoms with van der Waals surface area (Å²) in [6.45, 7) is 0. The Bertz CT molecular complexity index is 1140. The first-order valence-electron chi connectivity index (χ1n) is 8.83. The Kier molecular flexibility index (Phi) is 6.79. The molecule has 3 amide bonds. The van der Waals surface area contributed by atoms with Crippen LogP contribution in [0, 0.1) is 5.82 Å². The van der Waals surface area contributed by atoms with E-state index >= 15 is 0 Å². The second kappa shape index (κ2) is 9.03. The zero-order chi connectivity index (χ0) is 22.8. The van der Waals surface area contributed by atoms with Gasteiger partial charge in [0.2, 0.25) is 0 Å². The zero-order valence-electron chi connectivity index (χ0n) is 15.7. The van der Waals surface area contributed by atoms with Gasteiger partial charge in [0.1, 0.15) is 10.8 Å². The summed E-state index contributed by atoms with van der Waals surface area (Å²) in [4.78, 5) is 22.0. The molecule has 1 aliphatic carbocycles. The monoisotopic (exact) mass is 571 g/mol. The van der Waals surface area contributed by atoms with Crippen molar-refractivity contribution in [3.8, 4) is 0 Å². The van der Waals surface area contributed by atoms with Gasteiger partial charge in [0.25, 0.3) is 5.91 Å². The lowest BCUT2D eigenvalue weighted by atomic mass is 9.88. The number of primary amides is 1. The molecule has 3 rings (SSSR count). The fourth-order valence-corrected chi connectivity index (χ4v) is 4.29. The summed E-state index contributed by atoms with van der Waals surface area (Å²) in [5.41, 5.74) is 6.48. The molecular weight excluding hydrogens is 556 g/mol. The van der Waals surface area contributed by atoms with Crippen LogP contribution >= 0.6 is 46.4 Å². The van der Waals surface area contributed by atoms with Crippen LogP contribution in [-0.2, 0) is 0 Å². The lowest BCUT2D eigenvalue weighted by Crippen LogP contribution is -2.56. The van der Waals surface area contributed by atoms with Gasteiger partial charge in [0.15, 0.2) is 8.48 Å². The minimum Gasteiger partial charge on any atom is -0.373 e. The molecule has 10 heteroatoms. The number of benzene rings is 2. The van der Waals surface area contributed by atoms with Crippen LogP contribution in [0.3, 0.4) is 0 Å². The van der Waals surface area contributed by atoms with Crippen molar-refractivity contribution in [1.82, 2.24) is 5.32 Å². The molecule has 0 spiro atoms. The number of anilines is 1. The number of carbonyl (C=O) groups excluding carboxylic acids is 2. The van der Waals surface area contributed by atoms with Gasteiger partial charge in [-0.25, -0.2) is 9.18 Å². The summed E-state index contributed by atoms with van der Waals surface area (Å²) in [6.07, 6.45) is 4.49. The van der Waals surface area contributed by atoms with E-state index in [4.69, 9.17) is 29.6 Å². The Labute approximate surface area is 201 Å².